The third-order valence-corrected chi connectivity index (χ3v) is 2.13. The Hall–Kier alpha value is -2.16. The number of carbonyl (C=O) groups excluding carboxylic acids is 1. The predicted octanol–water partition coefficient (Wildman–Crippen LogP) is 2.47. The van der Waals surface area contributed by atoms with Crippen LogP contribution in [0.5, 0.6) is 0 Å². The molecule has 3 nitrogen and oxygen atoms in total. The van der Waals surface area contributed by atoms with Crippen LogP contribution in [0.25, 0.3) is 11.8 Å². The summed E-state index contributed by atoms with van der Waals surface area (Å²) in [6.45, 7) is 1.53. The maximum atomic E-state index is 10.8. The number of allylic oxidation sites excluding steroid dienone is 1. The Bertz CT molecular complexity index is 512. The summed E-state index contributed by atoms with van der Waals surface area (Å²) in [5.41, 5.74) is 1.92. The molecule has 1 aromatic heterocycles. The maximum absolute atomic E-state index is 10.8. The van der Waals surface area contributed by atoms with Gasteiger partial charge >= 0.3 is 0 Å². The first-order valence-electron chi connectivity index (χ1n) is 5.04. The number of para-hydroxylation sites is 1. The molecule has 1 heterocycles. The lowest BCUT2D eigenvalue weighted by molar-refractivity contribution is -0.112. The first-order chi connectivity index (χ1) is 7.75. The van der Waals surface area contributed by atoms with E-state index in [9.17, 15) is 4.79 Å². The SMILES string of the molecule is CC(=O)C=Cc1cnn(-c2ccccc2)c1. The van der Waals surface area contributed by atoms with E-state index in [1.165, 1.54) is 13.0 Å². The molecular weight excluding hydrogens is 200 g/mol. The number of hydrogen-bond donors (Lipinski definition) is 0. The lowest BCUT2D eigenvalue weighted by Crippen LogP contribution is -1.92. The highest BCUT2D eigenvalue weighted by molar-refractivity contribution is 5.91. The van der Waals surface area contributed by atoms with Gasteiger partial charge in [-0.15, -0.1) is 0 Å². The quantitative estimate of drug-likeness (QED) is 0.732. The molecule has 0 aliphatic rings. The third-order valence-electron chi connectivity index (χ3n) is 2.13. The minimum atomic E-state index is 0.0347. The third kappa shape index (κ3) is 2.45. The summed E-state index contributed by atoms with van der Waals surface area (Å²) in [7, 11) is 0. The second-order valence-corrected chi connectivity index (χ2v) is 3.50. The van der Waals surface area contributed by atoms with Gasteiger partial charge in [-0.2, -0.15) is 5.10 Å². The van der Waals surface area contributed by atoms with Gasteiger partial charge < -0.3 is 0 Å². The van der Waals surface area contributed by atoms with Gasteiger partial charge in [-0.05, 0) is 31.2 Å². The smallest absolute Gasteiger partial charge is 0.152 e. The molecule has 0 radical (unpaired) electrons. The van der Waals surface area contributed by atoms with Crippen LogP contribution in [0.1, 0.15) is 12.5 Å². The van der Waals surface area contributed by atoms with Crippen molar-refractivity contribution >= 4 is 11.9 Å². The first-order valence-corrected chi connectivity index (χ1v) is 5.04. The second kappa shape index (κ2) is 4.57. The number of ketones is 1. The highest BCUT2D eigenvalue weighted by Crippen LogP contribution is 2.08. The first kappa shape index (κ1) is 10.4. The van der Waals surface area contributed by atoms with Crippen LogP contribution in [0.3, 0.4) is 0 Å². The van der Waals surface area contributed by atoms with Crippen molar-refractivity contribution in [2.45, 2.75) is 6.92 Å². The van der Waals surface area contributed by atoms with Crippen molar-refractivity contribution in [3.63, 3.8) is 0 Å². The lowest BCUT2D eigenvalue weighted by atomic mass is 10.3. The fourth-order valence-corrected chi connectivity index (χ4v) is 1.36. The van der Waals surface area contributed by atoms with E-state index in [2.05, 4.69) is 5.10 Å². The molecule has 0 saturated heterocycles. The van der Waals surface area contributed by atoms with Crippen molar-refractivity contribution in [3.8, 4) is 5.69 Å². The molecule has 2 aromatic rings. The van der Waals surface area contributed by atoms with Crippen LogP contribution in [-0.4, -0.2) is 15.6 Å². The van der Waals surface area contributed by atoms with Crippen LogP contribution in [0.4, 0.5) is 0 Å². The van der Waals surface area contributed by atoms with Crippen LogP contribution < -0.4 is 0 Å². The summed E-state index contributed by atoms with van der Waals surface area (Å²) >= 11 is 0. The Labute approximate surface area is 94.0 Å². The zero-order valence-corrected chi connectivity index (χ0v) is 9.00. The van der Waals surface area contributed by atoms with E-state index in [0.717, 1.165) is 11.3 Å². The van der Waals surface area contributed by atoms with Crippen molar-refractivity contribution in [3.05, 3.63) is 54.4 Å². The molecule has 0 bridgehead atoms. The molecule has 3 heteroatoms. The number of benzene rings is 1. The molecule has 0 saturated carbocycles. The van der Waals surface area contributed by atoms with Gasteiger partial charge in [0.25, 0.3) is 0 Å². The number of nitrogens with zero attached hydrogens (tertiary/aromatic N) is 2. The van der Waals surface area contributed by atoms with Crippen LogP contribution >= 0.6 is 0 Å². The minimum Gasteiger partial charge on any atom is -0.295 e. The van der Waals surface area contributed by atoms with Gasteiger partial charge in [0.15, 0.2) is 5.78 Å². The molecule has 0 aliphatic heterocycles. The molecule has 0 aliphatic carbocycles. The van der Waals surface area contributed by atoms with E-state index >= 15 is 0 Å². The van der Waals surface area contributed by atoms with Gasteiger partial charge in [0.05, 0.1) is 11.9 Å². The second-order valence-electron chi connectivity index (χ2n) is 3.50. The Morgan fingerprint density at radius 2 is 2.06 bits per heavy atom. The number of aromatic nitrogens is 2. The van der Waals surface area contributed by atoms with Crippen molar-refractivity contribution in [2.75, 3.05) is 0 Å². The summed E-state index contributed by atoms with van der Waals surface area (Å²) in [6.07, 6.45) is 6.91. The fraction of sp³-hybridized carbons (Fsp3) is 0.0769. The van der Waals surface area contributed by atoms with Gasteiger partial charge in [-0.25, -0.2) is 4.68 Å². The molecule has 0 amide bonds. The van der Waals surface area contributed by atoms with Gasteiger partial charge in [-0.1, -0.05) is 18.2 Å². The summed E-state index contributed by atoms with van der Waals surface area (Å²) in [5, 5.41) is 4.22. The zero-order valence-electron chi connectivity index (χ0n) is 9.00. The van der Waals surface area contributed by atoms with Crippen LogP contribution in [0.2, 0.25) is 0 Å². The van der Waals surface area contributed by atoms with Gasteiger partial charge in [0.1, 0.15) is 0 Å². The molecule has 0 atom stereocenters. The molecule has 0 unspecified atom stereocenters. The van der Waals surface area contributed by atoms with Crippen LogP contribution in [0, 0.1) is 0 Å². The molecule has 0 fully saturated rings. The van der Waals surface area contributed by atoms with E-state index in [-0.39, 0.29) is 5.78 Å². The predicted molar refractivity (Wildman–Crippen MR) is 63.3 cm³/mol. The van der Waals surface area contributed by atoms with E-state index in [0.29, 0.717) is 0 Å². The molecular formula is C13H12N2O. The normalized spacial score (nSPS) is 10.8. The average molecular weight is 212 g/mol. The highest BCUT2D eigenvalue weighted by Gasteiger charge is 1.97. The Balaban J connectivity index is 2.23. The molecule has 16 heavy (non-hydrogen) atoms. The summed E-state index contributed by atoms with van der Waals surface area (Å²) < 4.78 is 1.78. The van der Waals surface area contributed by atoms with E-state index in [1.54, 1.807) is 17.0 Å². The summed E-state index contributed by atoms with van der Waals surface area (Å²) in [6, 6.07) is 9.84. The van der Waals surface area contributed by atoms with Crippen molar-refractivity contribution in [1.82, 2.24) is 9.78 Å². The lowest BCUT2D eigenvalue weighted by Gasteiger charge is -1.98. The zero-order chi connectivity index (χ0) is 11.4. The highest BCUT2D eigenvalue weighted by atomic mass is 16.1. The molecule has 0 N–H and O–H groups in total. The maximum Gasteiger partial charge on any atom is 0.152 e. The fourth-order valence-electron chi connectivity index (χ4n) is 1.36. The summed E-state index contributed by atoms with van der Waals surface area (Å²) in [5.74, 6) is 0.0347. The van der Waals surface area contributed by atoms with E-state index in [4.69, 9.17) is 0 Å². The largest absolute Gasteiger partial charge is 0.295 e. The summed E-state index contributed by atoms with van der Waals surface area (Å²) in [4.78, 5) is 10.8. The van der Waals surface area contributed by atoms with Gasteiger partial charge in [0, 0.05) is 11.8 Å². The van der Waals surface area contributed by atoms with Gasteiger partial charge in [0.2, 0.25) is 0 Å². The van der Waals surface area contributed by atoms with Crippen molar-refractivity contribution in [1.29, 1.82) is 0 Å². The monoisotopic (exact) mass is 212 g/mol. The van der Waals surface area contributed by atoms with Crippen molar-refractivity contribution in [2.24, 2.45) is 0 Å². The molecule has 1 aromatic carbocycles. The standard InChI is InChI=1S/C13H12N2O/c1-11(16)7-8-12-9-14-15(10-12)13-5-3-2-4-6-13/h2-10H,1H3. The molecule has 0 spiro atoms. The van der Waals surface area contributed by atoms with Gasteiger partial charge in [-0.3, -0.25) is 4.79 Å². The topological polar surface area (TPSA) is 34.9 Å². The number of hydrogen-bond acceptors (Lipinski definition) is 2. The average Bonchev–Trinajstić information content (AvgIpc) is 2.76. The Kier molecular flexibility index (Phi) is 2.96. The van der Waals surface area contributed by atoms with Crippen LogP contribution in [0.15, 0.2) is 48.8 Å². The molecule has 80 valence electrons. The Morgan fingerprint density at radius 3 is 2.75 bits per heavy atom. The number of rotatable bonds is 3. The minimum absolute atomic E-state index is 0.0347. The Morgan fingerprint density at radius 1 is 1.31 bits per heavy atom. The van der Waals surface area contributed by atoms with E-state index in [1.807, 2.05) is 36.5 Å². The van der Waals surface area contributed by atoms with E-state index < -0.39 is 0 Å². The molecule has 2 rings (SSSR count). The van der Waals surface area contributed by atoms with Crippen molar-refractivity contribution < 1.29 is 4.79 Å². The van der Waals surface area contributed by atoms with Crippen LogP contribution in [-0.2, 0) is 4.79 Å². The number of carbonyl (C=O) groups is 1.